The van der Waals surface area contributed by atoms with Crippen LogP contribution in [-0.4, -0.2) is 18.0 Å². The fourth-order valence-corrected chi connectivity index (χ4v) is 13.2. The Morgan fingerprint density at radius 2 is 0.890 bits per heavy atom. The predicted molar refractivity (Wildman–Crippen MR) is 310 cm³/mol. The number of rotatable bonds is 4. The van der Waals surface area contributed by atoms with E-state index >= 15 is 0 Å². The number of nitrogens with zero attached hydrogens (tertiary/aromatic N) is 3. The number of ether oxygens (including phenoxy) is 1. The van der Waals surface area contributed by atoms with Gasteiger partial charge in [-0.1, -0.05) is 131 Å². The number of hydrogen-bond acceptors (Lipinski definition) is 3. The fourth-order valence-electron chi connectivity index (χ4n) is 13.2. The van der Waals surface area contributed by atoms with Crippen LogP contribution in [0.1, 0.15) is 38.9 Å². The third kappa shape index (κ3) is 6.04. The van der Waals surface area contributed by atoms with E-state index in [0.717, 1.165) is 34.1 Å². The Bertz CT molecular complexity index is 4220. The van der Waals surface area contributed by atoms with Gasteiger partial charge in [0.25, 0.3) is 13.4 Å². The Kier molecular flexibility index (Phi) is 8.84. The minimum Gasteiger partial charge on any atom is -0.458 e. The highest BCUT2D eigenvalue weighted by molar-refractivity contribution is 7.02. The Labute approximate surface area is 427 Å². The van der Waals surface area contributed by atoms with E-state index in [2.05, 4.69) is 245 Å². The summed E-state index contributed by atoms with van der Waals surface area (Å²) in [6.07, 6.45) is 0. The lowest BCUT2D eigenvalue weighted by molar-refractivity contribution is 0.487. The molecule has 346 valence electrons. The number of aromatic nitrogens is 1. The summed E-state index contributed by atoms with van der Waals surface area (Å²) in [4.78, 5) is 5.07. The molecule has 0 aliphatic carbocycles. The van der Waals surface area contributed by atoms with Gasteiger partial charge in [0, 0.05) is 62.2 Å². The van der Waals surface area contributed by atoms with Crippen LogP contribution in [0.5, 0.6) is 11.5 Å². The number of hydrogen-bond donors (Lipinski definition) is 0. The summed E-state index contributed by atoms with van der Waals surface area (Å²) in [5.41, 5.74) is 31.8. The highest BCUT2D eigenvalue weighted by atomic mass is 16.5. The Balaban J connectivity index is 1.07. The SMILES string of the molecule is Cc1ccc(N2c3ccc(C)cc3B3c4cc5c(cc4N(c4ccc(C)cc4)c4cc(-c6ccccc6C)cc2c43)Oc2cc(-c3ccccc3C)cc3c2B5c2cc(C)cc4c5cc(C)ccc5n-3c24)cc1. The zero-order valence-electron chi connectivity index (χ0n) is 42.2. The van der Waals surface area contributed by atoms with Crippen molar-refractivity contribution in [2.45, 2.75) is 48.5 Å². The molecule has 6 heteroatoms. The largest absolute Gasteiger partial charge is 0.458 e. The molecule has 0 atom stereocenters. The molecule has 73 heavy (non-hydrogen) atoms. The van der Waals surface area contributed by atoms with Gasteiger partial charge in [-0.15, -0.1) is 0 Å². The van der Waals surface area contributed by atoms with E-state index in [1.54, 1.807) is 0 Å². The van der Waals surface area contributed by atoms with Gasteiger partial charge in [0.05, 0.1) is 5.52 Å². The second-order valence-corrected chi connectivity index (χ2v) is 21.4. The maximum Gasteiger partial charge on any atom is 0.256 e. The number of anilines is 6. The van der Waals surface area contributed by atoms with Gasteiger partial charge < -0.3 is 19.1 Å². The molecule has 0 fully saturated rings. The van der Waals surface area contributed by atoms with Crippen molar-refractivity contribution in [1.82, 2.24) is 4.57 Å². The van der Waals surface area contributed by atoms with Crippen molar-refractivity contribution >= 4 is 102 Å². The number of aryl methyl sites for hydroxylation is 7. The minimum atomic E-state index is -0.0768. The first kappa shape index (κ1) is 42.2. The van der Waals surface area contributed by atoms with Crippen molar-refractivity contribution in [3.05, 3.63) is 221 Å². The highest BCUT2D eigenvalue weighted by Crippen LogP contribution is 2.48. The van der Waals surface area contributed by atoms with Gasteiger partial charge in [-0.25, -0.2) is 0 Å². The molecule has 0 bridgehead atoms. The summed E-state index contributed by atoms with van der Waals surface area (Å²) >= 11 is 0. The van der Waals surface area contributed by atoms with Crippen LogP contribution in [-0.2, 0) is 0 Å². The van der Waals surface area contributed by atoms with E-state index in [4.69, 9.17) is 4.74 Å². The molecule has 0 amide bonds. The average molecular weight is 936 g/mol. The molecule has 4 aliphatic heterocycles. The zero-order chi connectivity index (χ0) is 49.1. The summed E-state index contributed by atoms with van der Waals surface area (Å²) in [5, 5.41) is 2.59. The van der Waals surface area contributed by atoms with Gasteiger partial charge in [-0.3, -0.25) is 0 Å². The fraction of sp³-hybridized carbons (Fsp3) is 0.104. The van der Waals surface area contributed by atoms with Crippen LogP contribution in [0.2, 0.25) is 0 Å². The van der Waals surface area contributed by atoms with E-state index in [1.165, 1.54) is 133 Å². The minimum absolute atomic E-state index is 0.0747. The summed E-state index contributed by atoms with van der Waals surface area (Å²) in [6, 6.07) is 69.4. The van der Waals surface area contributed by atoms with Gasteiger partial charge >= 0.3 is 0 Å². The number of fused-ring (bicyclic) bond motifs is 11. The highest BCUT2D eigenvalue weighted by Gasteiger charge is 2.47. The van der Waals surface area contributed by atoms with E-state index < -0.39 is 0 Å². The van der Waals surface area contributed by atoms with E-state index in [9.17, 15) is 0 Å². The van der Waals surface area contributed by atoms with Gasteiger partial charge in [-0.05, 0) is 187 Å². The predicted octanol–water partition coefficient (Wildman–Crippen LogP) is 13.3. The van der Waals surface area contributed by atoms with Gasteiger partial charge in [-0.2, -0.15) is 0 Å². The molecule has 1 aromatic heterocycles. The van der Waals surface area contributed by atoms with E-state index in [0.29, 0.717) is 0 Å². The Morgan fingerprint density at radius 1 is 0.356 bits per heavy atom. The molecular weight excluding hydrogens is 884 g/mol. The van der Waals surface area contributed by atoms with Crippen molar-refractivity contribution in [3.8, 4) is 39.4 Å². The van der Waals surface area contributed by atoms with Crippen molar-refractivity contribution < 1.29 is 4.74 Å². The molecule has 0 saturated carbocycles. The van der Waals surface area contributed by atoms with E-state index in [1.807, 2.05) is 0 Å². The average Bonchev–Trinajstić information content (AvgIpc) is 3.72. The van der Waals surface area contributed by atoms with Crippen molar-refractivity contribution in [2.75, 3.05) is 9.80 Å². The molecule has 5 heterocycles. The van der Waals surface area contributed by atoms with Gasteiger partial charge in [0.15, 0.2) is 0 Å². The van der Waals surface area contributed by atoms with Gasteiger partial charge in [0.2, 0.25) is 0 Å². The van der Waals surface area contributed by atoms with Gasteiger partial charge in [0.1, 0.15) is 11.5 Å². The third-order valence-corrected chi connectivity index (χ3v) is 16.5. The zero-order valence-corrected chi connectivity index (χ0v) is 42.2. The maximum atomic E-state index is 7.57. The molecule has 0 radical (unpaired) electrons. The van der Waals surface area contributed by atoms with E-state index in [-0.39, 0.29) is 13.4 Å². The lowest BCUT2D eigenvalue weighted by atomic mass is 9.30. The van der Waals surface area contributed by atoms with Crippen molar-refractivity contribution in [3.63, 3.8) is 0 Å². The summed E-state index contributed by atoms with van der Waals surface area (Å²) < 4.78 is 10.1. The van der Waals surface area contributed by atoms with Crippen LogP contribution in [0, 0.1) is 48.5 Å². The second kappa shape index (κ2) is 15.3. The second-order valence-electron chi connectivity index (χ2n) is 21.4. The normalized spacial score (nSPS) is 13.4. The van der Waals surface area contributed by atoms with Crippen LogP contribution in [0.15, 0.2) is 182 Å². The monoisotopic (exact) mass is 935 g/mol. The van der Waals surface area contributed by atoms with Crippen molar-refractivity contribution in [2.24, 2.45) is 0 Å². The lowest BCUT2D eigenvalue weighted by Gasteiger charge is -2.45. The summed E-state index contributed by atoms with van der Waals surface area (Å²) in [6.45, 7) is 15.4. The first-order valence-electron chi connectivity index (χ1n) is 25.8. The molecular formula is C67H51B2N3O. The first-order chi connectivity index (χ1) is 35.6. The van der Waals surface area contributed by atoms with Crippen LogP contribution in [0.4, 0.5) is 34.1 Å². The molecule has 0 unspecified atom stereocenters. The third-order valence-electron chi connectivity index (χ3n) is 16.5. The maximum absolute atomic E-state index is 7.57. The van der Waals surface area contributed by atoms with Crippen LogP contribution in [0.3, 0.4) is 0 Å². The smallest absolute Gasteiger partial charge is 0.256 e. The molecule has 0 saturated heterocycles. The van der Waals surface area contributed by atoms with Crippen LogP contribution < -0.4 is 47.3 Å². The molecule has 0 N–H and O–H groups in total. The molecule has 11 aromatic rings. The molecule has 4 aliphatic rings. The quantitative estimate of drug-likeness (QED) is 0.164. The summed E-state index contributed by atoms with van der Waals surface area (Å²) in [5.74, 6) is 1.81. The lowest BCUT2D eigenvalue weighted by Crippen LogP contribution is -2.64. The molecule has 10 aromatic carbocycles. The molecule has 0 spiro atoms. The molecule has 4 nitrogen and oxygen atoms in total. The Hall–Kier alpha value is -8.47. The molecule has 15 rings (SSSR count). The standard InChI is InChI=1S/C67H51B2N3O/c1-38-16-22-47(23-17-38)70-58-27-21-41(4)30-53(58)68-54-36-55-63(37-59(54)71(48-24-18-39(2)19-25-48)61-33-45(32-60(70)65(61)68)49-14-10-8-12-43(49)6)73-64-35-46(50-15-11-9-13-44(50)7)34-62-66(64)69(55)56-31-42(5)29-52-51-28-40(3)20-26-57(51)72(62)67(52)56/h8-37H,1-7H3. The summed E-state index contributed by atoms with van der Waals surface area (Å²) in [7, 11) is 0. The van der Waals surface area contributed by atoms with Crippen LogP contribution in [0.25, 0.3) is 49.7 Å². The first-order valence-corrected chi connectivity index (χ1v) is 25.8. The Morgan fingerprint density at radius 3 is 1.56 bits per heavy atom. The topological polar surface area (TPSA) is 20.6 Å². The van der Waals surface area contributed by atoms with Crippen LogP contribution >= 0.6 is 0 Å². The number of benzene rings is 10. The van der Waals surface area contributed by atoms with Crippen molar-refractivity contribution in [1.29, 1.82) is 0 Å².